The molecule has 2 heterocycles. The molecule has 0 unspecified atom stereocenters. The second-order valence-corrected chi connectivity index (χ2v) is 11.3. The Kier molecular flexibility index (Phi) is 5.32. The largest absolute Gasteiger partial charge is 0.338 e. The Morgan fingerprint density at radius 1 is 0.921 bits per heavy atom. The molecule has 7 nitrogen and oxygen atoms in total. The van der Waals surface area contributed by atoms with Crippen LogP contribution in [0.3, 0.4) is 0 Å². The number of carbonyl (C=O) groups is 2. The summed E-state index contributed by atoms with van der Waals surface area (Å²) in [5, 5.41) is 5.68. The summed E-state index contributed by atoms with van der Waals surface area (Å²) in [5.41, 5.74) is 2.21. The van der Waals surface area contributed by atoms with Gasteiger partial charge in [0.2, 0.25) is 5.91 Å². The quantitative estimate of drug-likeness (QED) is 0.299. The van der Waals surface area contributed by atoms with Crippen LogP contribution in [0.5, 0.6) is 0 Å². The summed E-state index contributed by atoms with van der Waals surface area (Å²) in [5.74, 6) is 2.09. The van der Waals surface area contributed by atoms with Gasteiger partial charge in [-0.05, 0) is 105 Å². The number of hydrogen-bond acceptors (Lipinski definition) is 4. The van der Waals surface area contributed by atoms with E-state index in [0.717, 1.165) is 19.3 Å². The molecule has 4 saturated carbocycles. The van der Waals surface area contributed by atoms with Crippen molar-refractivity contribution in [1.29, 1.82) is 0 Å². The smallest absolute Gasteiger partial charge is 0.256 e. The molecule has 4 aliphatic rings. The van der Waals surface area contributed by atoms with E-state index >= 15 is 4.39 Å². The maximum atomic E-state index is 15.2. The number of rotatable bonds is 5. The number of fused-ring (bicyclic) bond motifs is 1. The lowest BCUT2D eigenvalue weighted by molar-refractivity contribution is -0.140. The van der Waals surface area contributed by atoms with Crippen molar-refractivity contribution in [3.63, 3.8) is 0 Å². The molecule has 0 aliphatic heterocycles. The van der Waals surface area contributed by atoms with E-state index in [0.29, 0.717) is 51.6 Å². The zero-order valence-electron chi connectivity index (χ0n) is 20.8. The molecule has 192 valence electrons. The van der Waals surface area contributed by atoms with Crippen LogP contribution in [0.4, 0.5) is 15.9 Å². The number of nitrogens with one attached hydrogen (secondary N) is 3. The molecule has 0 atom stereocenters. The van der Waals surface area contributed by atoms with Gasteiger partial charge in [-0.15, -0.1) is 0 Å². The summed E-state index contributed by atoms with van der Waals surface area (Å²) in [6.07, 6.45) is 8.18. The van der Waals surface area contributed by atoms with Crippen LogP contribution in [0.25, 0.3) is 22.4 Å². The minimum Gasteiger partial charge on any atom is -0.338 e. The van der Waals surface area contributed by atoms with Gasteiger partial charge in [-0.25, -0.2) is 14.4 Å². The van der Waals surface area contributed by atoms with Crippen molar-refractivity contribution in [3.05, 3.63) is 72.2 Å². The van der Waals surface area contributed by atoms with Crippen LogP contribution in [0.1, 0.15) is 48.9 Å². The van der Waals surface area contributed by atoms with Gasteiger partial charge in [-0.2, -0.15) is 0 Å². The molecule has 8 heteroatoms. The molecule has 2 aromatic heterocycles. The molecule has 2 aromatic carbocycles. The number of pyridine rings is 1. The molecule has 2 amide bonds. The molecule has 0 spiro atoms. The first kappa shape index (κ1) is 23.1. The molecule has 4 aromatic rings. The van der Waals surface area contributed by atoms with E-state index in [1.807, 2.05) is 0 Å². The molecule has 4 fully saturated rings. The van der Waals surface area contributed by atoms with Crippen LogP contribution in [-0.2, 0) is 4.79 Å². The normalized spacial score (nSPS) is 25.4. The average Bonchev–Trinajstić information content (AvgIpc) is 3.33. The molecule has 38 heavy (non-hydrogen) atoms. The molecular formula is C30H28FN5O2. The fourth-order valence-electron chi connectivity index (χ4n) is 7.32. The number of aromatic amines is 1. The van der Waals surface area contributed by atoms with Gasteiger partial charge in [-0.3, -0.25) is 9.59 Å². The Morgan fingerprint density at radius 3 is 2.37 bits per heavy atom. The van der Waals surface area contributed by atoms with Gasteiger partial charge >= 0.3 is 0 Å². The highest BCUT2D eigenvalue weighted by Crippen LogP contribution is 2.60. The Labute approximate surface area is 219 Å². The predicted octanol–water partition coefficient (Wildman–Crippen LogP) is 6.17. The van der Waals surface area contributed by atoms with Gasteiger partial charge in [-0.1, -0.05) is 6.07 Å². The van der Waals surface area contributed by atoms with Crippen LogP contribution in [-0.4, -0.2) is 26.8 Å². The summed E-state index contributed by atoms with van der Waals surface area (Å²) in [7, 11) is 0. The number of amides is 2. The molecule has 4 aliphatic carbocycles. The lowest BCUT2D eigenvalue weighted by Crippen LogP contribution is -2.51. The van der Waals surface area contributed by atoms with Crippen LogP contribution in [0.15, 0.2) is 60.8 Å². The number of H-pyrrole nitrogens is 1. The highest BCUT2D eigenvalue weighted by Gasteiger charge is 2.54. The first-order valence-electron chi connectivity index (χ1n) is 13.3. The second kappa shape index (κ2) is 8.75. The van der Waals surface area contributed by atoms with E-state index < -0.39 is 5.82 Å². The van der Waals surface area contributed by atoms with E-state index in [1.54, 1.807) is 54.7 Å². The highest BCUT2D eigenvalue weighted by atomic mass is 19.1. The van der Waals surface area contributed by atoms with Gasteiger partial charge in [0.05, 0.1) is 22.1 Å². The van der Waals surface area contributed by atoms with Crippen molar-refractivity contribution < 1.29 is 14.0 Å². The van der Waals surface area contributed by atoms with Gasteiger partial charge in [0.1, 0.15) is 17.5 Å². The van der Waals surface area contributed by atoms with Crippen LogP contribution in [0, 0.1) is 29.0 Å². The third kappa shape index (κ3) is 4.04. The first-order chi connectivity index (χ1) is 18.4. The summed E-state index contributed by atoms with van der Waals surface area (Å²) in [6.45, 7) is 0. The number of carbonyl (C=O) groups excluding carboxylic acids is 2. The maximum Gasteiger partial charge on any atom is 0.256 e. The fourth-order valence-corrected chi connectivity index (χ4v) is 7.32. The maximum absolute atomic E-state index is 15.2. The van der Waals surface area contributed by atoms with E-state index in [1.165, 1.54) is 25.3 Å². The van der Waals surface area contributed by atoms with Crippen molar-refractivity contribution in [2.24, 2.45) is 23.2 Å². The predicted molar refractivity (Wildman–Crippen MR) is 143 cm³/mol. The summed E-state index contributed by atoms with van der Waals surface area (Å²) >= 11 is 0. The third-order valence-corrected chi connectivity index (χ3v) is 8.66. The van der Waals surface area contributed by atoms with E-state index in [-0.39, 0.29) is 22.9 Å². The van der Waals surface area contributed by atoms with E-state index in [9.17, 15) is 9.59 Å². The minimum atomic E-state index is -0.489. The highest BCUT2D eigenvalue weighted by molar-refractivity contribution is 6.05. The number of benzene rings is 2. The van der Waals surface area contributed by atoms with Gasteiger partial charge in [0.25, 0.3) is 5.91 Å². The van der Waals surface area contributed by atoms with Crippen molar-refractivity contribution in [2.45, 2.75) is 38.5 Å². The number of halogens is 1. The Morgan fingerprint density at radius 2 is 1.68 bits per heavy atom. The molecule has 8 rings (SSSR count). The summed E-state index contributed by atoms with van der Waals surface area (Å²) in [6, 6.07) is 15.2. The van der Waals surface area contributed by atoms with Crippen molar-refractivity contribution >= 4 is 34.4 Å². The average molecular weight is 510 g/mol. The van der Waals surface area contributed by atoms with E-state index in [2.05, 4.69) is 25.6 Å². The Bertz CT molecular complexity index is 1530. The molecule has 0 saturated heterocycles. The van der Waals surface area contributed by atoms with Crippen LogP contribution >= 0.6 is 0 Å². The zero-order valence-corrected chi connectivity index (χ0v) is 20.8. The number of aromatic nitrogens is 3. The Balaban J connectivity index is 1.09. The zero-order chi connectivity index (χ0) is 25.9. The Hall–Kier alpha value is -4.07. The van der Waals surface area contributed by atoms with E-state index in [4.69, 9.17) is 0 Å². The third-order valence-electron chi connectivity index (χ3n) is 8.66. The van der Waals surface area contributed by atoms with Crippen molar-refractivity contribution in [3.8, 4) is 11.4 Å². The van der Waals surface area contributed by atoms with Crippen LogP contribution < -0.4 is 10.6 Å². The summed E-state index contributed by atoms with van der Waals surface area (Å²) < 4.78 is 15.2. The SMILES string of the molecule is O=C(Nc1ccccn1)c1ccc2nc(-c3ccc(NC(=O)C45CC6CC(CC(C6)C4)C5)c(F)c3)[nH]c2c1. The topological polar surface area (TPSA) is 99.8 Å². The van der Waals surface area contributed by atoms with Crippen LogP contribution in [0.2, 0.25) is 0 Å². The molecule has 4 bridgehead atoms. The van der Waals surface area contributed by atoms with Crippen molar-refractivity contribution in [2.75, 3.05) is 10.6 Å². The first-order valence-corrected chi connectivity index (χ1v) is 13.3. The minimum absolute atomic E-state index is 0.0245. The number of nitrogens with zero attached hydrogens (tertiary/aromatic N) is 2. The molecule has 3 N–H and O–H groups in total. The fraction of sp³-hybridized carbons (Fsp3) is 0.333. The van der Waals surface area contributed by atoms with Gasteiger partial charge < -0.3 is 15.6 Å². The number of imidazole rings is 1. The lowest BCUT2D eigenvalue weighted by atomic mass is 9.49. The molecule has 0 radical (unpaired) electrons. The summed E-state index contributed by atoms with van der Waals surface area (Å²) in [4.78, 5) is 37.9. The standard InChI is InChI=1S/C30H28FN5O2/c31-22-12-20(4-6-23(22)35-29(38)30-14-17-9-18(15-30)11-19(10-17)16-30)27-33-24-7-5-21(13-25(24)34-27)28(37)36-26-3-1-2-8-32-26/h1-8,12-13,17-19H,9-11,14-16H2,(H,33,34)(H,35,38)(H,32,36,37). The number of hydrogen-bond donors (Lipinski definition) is 3. The number of anilines is 2. The second-order valence-electron chi connectivity index (χ2n) is 11.3. The van der Waals surface area contributed by atoms with Gasteiger partial charge in [0, 0.05) is 17.3 Å². The molecular weight excluding hydrogens is 481 g/mol. The van der Waals surface area contributed by atoms with Crippen molar-refractivity contribution in [1.82, 2.24) is 15.0 Å². The monoisotopic (exact) mass is 509 g/mol. The van der Waals surface area contributed by atoms with Gasteiger partial charge in [0.15, 0.2) is 0 Å². The lowest BCUT2D eigenvalue weighted by Gasteiger charge is -2.55.